The topological polar surface area (TPSA) is 85.9 Å². The Balaban J connectivity index is 1.86. The van der Waals surface area contributed by atoms with Crippen LogP contribution in [0.5, 0.6) is 11.5 Å². The van der Waals surface area contributed by atoms with Gasteiger partial charge in [-0.25, -0.2) is 10.2 Å². The number of hydrazone groups is 1. The number of aryl methyl sites for hydroxylation is 2. The highest BCUT2D eigenvalue weighted by Crippen LogP contribution is 2.22. The molecule has 2 aromatic carbocycles. The highest BCUT2D eigenvalue weighted by atomic mass is 35.5. The Kier molecular flexibility index (Phi) is 7.29. The summed E-state index contributed by atoms with van der Waals surface area (Å²) in [5.74, 6) is 1.50. The zero-order chi connectivity index (χ0) is 18.9. The fourth-order valence-electron chi connectivity index (χ4n) is 2.20. The first-order valence-electron chi connectivity index (χ1n) is 8.16. The van der Waals surface area contributed by atoms with Crippen molar-refractivity contribution < 1.29 is 14.3 Å². The zero-order valence-corrected chi connectivity index (χ0v) is 15.5. The van der Waals surface area contributed by atoms with E-state index in [4.69, 9.17) is 26.8 Å². The molecule has 3 N–H and O–H groups in total. The molecule has 2 aromatic rings. The molecule has 6 nitrogen and oxygen atoms in total. The van der Waals surface area contributed by atoms with Crippen molar-refractivity contribution in [2.24, 2.45) is 10.8 Å². The quantitative estimate of drug-likeness (QED) is 0.418. The van der Waals surface area contributed by atoms with Gasteiger partial charge in [-0.3, -0.25) is 0 Å². The second kappa shape index (κ2) is 9.68. The number of hydrogen-bond acceptors (Lipinski definition) is 4. The highest BCUT2D eigenvalue weighted by Gasteiger charge is 2.04. The Hall–Kier alpha value is -2.73. The van der Waals surface area contributed by atoms with Crippen LogP contribution in [0, 0.1) is 13.8 Å². The molecule has 138 valence electrons. The number of rotatable bonds is 8. The fraction of sp³-hybridized carbons (Fsp3) is 0.263. The zero-order valence-electron chi connectivity index (χ0n) is 14.8. The van der Waals surface area contributed by atoms with Crippen molar-refractivity contribution in [3.8, 4) is 11.5 Å². The maximum atomic E-state index is 10.7. The molecule has 2 amide bonds. The van der Waals surface area contributed by atoms with E-state index in [9.17, 15) is 4.79 Å². The van der Waals surface area contributed by atoms with Gasteiger partial charge in [0.05, 0.1) is 19.4 Å². The summed E-state index contributed by atoms with van der Waals surface area (Å²) in [5, 5.41) is 4.27. The number of hydrogen-bond donors (Lipinski definition) is 2. The summed E-state index contributed by atoms with van der Waals surface area (Å²) in [4.78, 5) is 10.7. The van der Waals surface area contributed by atoms with Crippen molar-refractivity contribution in [3.63, 3.8) is 0 Å². The van der Waals surface area contributed by atoms with Gasteiger partial charge < -0.3 is 15.2 Å². The third-order valence-electron chi connectivity index (χ3n) is 3.50. The van der Waals surface area contributed by atoms with Crippen LogP contribution in [0.3, 0.4) is 0 Å². The maximum Gasteiger partial charge on any atom is 0.332 e. The number of nitrogens with zero attached hydrogens (tertiary/aromatic N) is 1. The fourth-order valence-corrected chi connectivity index (χ4v) is 2.38. The second-order valence-electron chi connectivity index (χ2n) is 5.74. The van der Waals surface area contributed by atoms with Gasteiger partial charge in [-0.15, -0.1) is 0 Å². The predicted octanol–water partition coefficient (Wildman–Crippen LogP) is 3.81. The number of nitrogens with two attached hydrogens (primary N) is 1. The van der Waals surface area contributed by atoms with Crippen LogP contribution in [-0.4, -0.2) is 25.5 Å². The minimum atomic E-state index is -0.741. The second-order valence-corrected chi connectivity index (χ2v) is 6.17. The van der Waals surface area contributed by atoms with E-state index in [-0.39, 0.29) is 0 Å². The molecule has 0 radical (unpaired) electrons. The van der Waals surface area contributed by atoms with E-state index in [1.54, 1.807) is 18.2 Å². The molecule has 0 unspecified atom stereocenters. The molecule has 2 rings (SSSR count). The number of primary amides is 1. The SMILES string of the molecule is Cc1ccc(C)c(OCCCOc2ccc(Cl)cc2/C=N\NC(N)=O)c1. The standard InChI is InChI=1S/C19H22ClN3O3/c1-13-4-5-14(2)18(10-13)26-9-3-8-25-17-7-6-16(20)11-15(17)12-22-23-19(21)24/h4-7,10-12H,3,8-9H2,1-2H3,(H3,21,23,24)/b22-12-. The molecule has 0 atom stereocenters. The molecule has 0 aliphatic heterocycles. The average Bonchev–Trinajstić information content (AvgIpc) is 2.59. The number of carbonyl (C=O) groups excluding carboxylic acids is 1. The molecule has 0 spiro atoms. The van der Waals surface area contributed by atoms with Crippen LogP contribution in [0.4, 0.5) is 4.79 Å². The highest BCUT2D eigenvalue weighted by molar-refractivity contribution is 6.30. The first-order chi connectivity index (χ1) is 12.5. The van der Waals surface area contributed by atoms with Crippen LogP contribution in [0.2, 0.25) is 5.02 Å². The van der Waals surface area contributed by atoms with E-state index in [1.165, 1.54) is 6.21 Å². The van der Waals surface area contributed by atoms with Crippen molar-refractivity contribution in [1.29, 1.82) is 0 Å². The first kappa shape index (κ1) is 19.6. The van der Waals surface area contributed by atoms with Crippen LogP contribution in [0.1, 0.15) is 23.1 Å². The minimum absolute atomic E-state index is 0.469. The van der Waals surface area contributed by atoms with E-state index in [0.29, 0.717) is 36.0 Å². The lowest BCUT2D eigenvalue weighted by Gasteiger charge is -2.12. The summed E-state index contributed by atoms with van der Waals surface area (Å²) in [6.45, 7) is 5.07. The largest absolute Gasteiger partial charge is 0.493 e. The Morgan fingerprint density at radius 1 is 1.15 bits per heavy atom. The maximum absolute atomic E-state index is 10.7. The Bertz CT molecular complexity index is 794. The normalized spacial score (nSPS) is 10.7. The van der Waals surface area contributed by atoms with Crippen molar-refractivity contribution in [3.05, 3.63) is 58.1 Å². The van der Waals surface area contributed by atoms with Crippen molar-refractivity contribution in [2.45, 2.75) is 20.3 Å². The number of nitrogens with one attached hydrogen (secondary N) is 1. The smallest absolute Gasteiger partial charge is 0.332 e. The van der Waals surface area contributed by atoms with Crippen LogP contribution in [0.25, 0.3) is 0 Å². The van der Waals surface area contributed by atoms with Gasteiger partial charge in [-0.1, -0.05) is 23.7 Å². The van der Waals surface area contributed by atoms with Gasteiger partial charge in [-0.05, 0) is 49.2 Å². The number of benzene rings is 2. The summed E-state index contributed by atoms with van der Waals surface area (Å²) in [6, 6.07) is 10.5. The van der Waals surface area contributed by atoms with Crippen LogP contribution in [0.15, 0.2) is 41.5 Å². The molecule has 0 aromatic heterocycles. The van der Waals surface area contributed by atoms with Gasteiger partial charge in [-0.2, -0.15) is 5.10 Å². The molecule has 0 heterocycles. The summed E-state index contributed by atoms with van der Waals surface area (Å²) < 4.78 is 11.6. The monoisotopic (exact) mass is 375 g/mol. The van der Waals surface area contributed by atoms with Crippen molar-refractivity contribution >= 4 is 23.8 Å². The molecule has 0 aliphatic rings. The molecule has 26 heavy (non-hydrogen) atoms. The van der Waals surface area contributed by atoms with Gasteiger partial charge in [0.1, 0.15) is 11.5 Å². The number of carbonyl (C=O) groups is 1. The van der Waals surface area contributed by atoms with Gasteiger partial charge in [0.25, 0.3) is 0 Å². The Labute approximate surface area is 157 Å². The number of amides is 2. The molecule has 0 saturated carbocycles. The van der Waals surface area contributed by atoms with E-state index >= 15 is 0 Å². The minimum Gasteiger partial charge on any atom is -0.493 e. The number of halogens is 1. The lowest BCUT2D eigenvalue weighted by atomic mass is 10.1. The van der Waals surface area contributed by atoms with Crippen LogP contribution in [-0.2, 0) is 0 Å². The summed E-state index contributed by atoms with van der Waals surface area (Å²) in [7, 11) is 0. The Morgan fingerprint density at radius 3 is 2.62 bits per heavy atom. The predicted molar refractivity (Wildman–Crippen MR) is 103 cm³/mol. The molecular weight excluding hydrogens is 354 g/mol. The molecule has 0 bridgehead atoms. The molecule has 7 heteroatoms. The summed E-state index contributed by atoms with van der Waals surface area (Å²) >= 11 is 5.99. The average molecular weight is 376 g/mol. The van der Waals surface area contributed by atoms with Crippen molar-refractivity contribution in [1.82, 2.24) is 5.43 Å². The molecule has 0 aliphatic carbocycles. The number of urea groups is 1. The Morgan fingerprint density at radius 2 is 1.88 bits per heavy atom. The number of ether oxygens (including phenoxy) is 2. The van der Waals surface area contributed by atoms with Crippen LogP contribution < -0.4 is 20.6 Å². The van der Waals surface area contributed by atoms with Crippen LogP contribution >= 0.6 is 11.6 Å². The molecule has 0 saturated heterocycles. The van der Waals surface area contributed by atoms with E-state index in [0.717, 1.165) is 16.9 Å². The lowest BCUT2D eigenvalue weighted by Crippen LogP contribution is -2.24. The lowest BCUT2D eigenvalue weighted by molar-refractivity contribution is 0.246. The molecular formula is C19H22ClN3O3. The van der Waals surface area contributed by atoms with Gasteiger partial charge in [0, 0.05) is 17.0 Å². The summed E-state index contributed by atoms with van der Waals surface area (Å²) in [6.07, 6.45) is 2.14. The first-order valence-corrected chi connectivity index (χ1v) is 8.54. The van der Waals surface area contributed by atoms with Gasteiger partial charge >= 0.3 is 6.03 Å². The third kappa shape index (κ3) is 6.29. The van der Waals surface area contributed by atoms with E-state index in [2.05, 4.69) is 16.6 Å². The van der Waals surface area contributed by atoms with E-state index < -0.39 is 6.03 Å². The van der Waals surface area contributed by atoms with Gasteiger partial charge in [0.2, 0.25) is 0 Å². The van der Waals surface area contributed by atoms with Crippen molar-refractivity contribution in [2.75, 3.05) is 13.2 Å². The molecule has 0 fully saturated rings. The van der Waals surface area contributed by atoms with Gasteiger partial charge in [0.15, 0.2) is 0 Å². The van der Waals surface area contributed by atoms with E-state index in [1.807, 2.05) is 26.0 Å². The third-order valence-corrected chi connectivity index (χ3v) is 3.73. The summed E-state index contributed by atoms with van der Waals surface area (Å²) in [5.41, 5.74) is 10.0.